The third kappa shape index (κ3) is 7.15. The summed E-state index contributed by atoms with van der Waals surface area (Å²) in [6.45, 7) is 6.27. The van der Waals surface area contributed by atoms with E-state index in [0.717, 1.165) is 74.5 Å². The first-order chi connectivity index (χ1) is 25.9. The maximum Gasteiger partial charge on any atom is 0.257 e. The standard InChI is InChI=1S/C36H39Cl2N13O2/c1-53-32-10-8-26(51-24-39-43-46-51)22-27(32)34(52)49-18-13-36(23-49,25-7-9-28(37)29(38)21-25)12-17-47-14-4-15-48(20-19-47)35-40-30-5-2-3-6-31(30)50(35)16-11-33-41-44-45-42-33/h2-3,5-10,21-22,24H,4,11-20,23H2,1H3,(H,41,42,44,45). The van der Waals surface area contributed by atoms with Crippen molar-refractivity contribution in [2.45, 2.75) is 37.6 Å². The number of aryl methyl sites for hydroxylation is 2. The third-order valence-electron chi connectivity index (χ3n) is 10.6. The Morgan fingerprint density at radius 3 is 2.70 bits per heavy atom. The van der Waals surface area contributed by atoms with E-state index in [9.17, 15) is 4.79 Å². The molecule has 3 aromatic heterocycles. The van der Waals surface area contributed by atoms with Crippen LogP contribution in [-0.4, -0.2) is 119 Å². The molecule has 1 unspecified atom stereocenters. The fourth-order valence-corrected chi connectivity index (χ4v) is 8.00. The van der Waals surface area contributed by atoms with E-state index in [1.807, 2.05) is 29.2 Å². The molecule has 8 rings (SSSR count). The Hall–Kier alpha value is -5.12. The van der Waals surface area contributed by atoms with Crippen molar-refractivity contribution in [1.29, 1.82) is 0 Å². The number of nitrogens with zero attached hydrogens (tertiary/aromatic N) is 12. The number of aromatic amines is 1. The molecule has 17 heteroatoms. The van der Waals surface area contributed by atoms with Crippen LogP contribution < -0.4 is 9.64 Å². The van der Waals surface area contributed by atoms with E-state index in [4.69, 9.17) is 32.9 Å². The molecule has 1 amide bonds. The van der Waals surface area contributed by atoms with Crippen molar-refractivity contribution >= 4 is 46.1 Å². The highest BCUT2D eigenvalue weighted by Crippen LogP contribution is 2.41. The summed E-state index contributed by atoms with van der Waals surface area (Å²) in [4.78, 5) is 26.2. The van der Waals surface area contributed by atoms with E-state index in [0.29, 0.717) is 58.9 Å². The normalized spacial score (nSPS) is 18.2. The van der Waals surface area contributed by atoms with Crippen LogP contribution in [0.4, 0.5) is 5.95 Å². The number of rotatable bonds is 11. The summed E-state index contributed by atoms with van der Waals surface area (Å²) in [5, 5.41) is 27.1. The number of imidazole rings is 1. The van der Waals surface area contributed by atoms with Crippen molar-refractivity contribution in [3.05, 3.63) is 94.0 Å². The highest BCUT2D eigenvalue weighted by atomic mass is 35.5. The highest BCUT2D eigenvalue weighted by Gasteiger charge is 2.42. The van der Waals surface area contributed by atoms with Crippen LogP contribution in [-0.2, 0) is 18.4 Å². The van der Waals surface area contributed by atoms with Crippen molar-refractivity contribution in [2.24, 2.45) is 0 Å². The van der Waals surface area contributed by atoms with Gasteiger partial charge in [-0.15, -0.1) is 15.3 Å². The first-order valence-corrected chi connectivity index (χ1v) is 18.5. The van der Waals surface area contributed by atoms with Gasteiger partial charge in [-0.2, -0.15) is 5.21 Å². The zero-order valence-electron chi connectivity index (χ0n) is 29.3. The Morgan fingerprint density at radius 2 is 1.89 bits per heavy atom. The van der Waals surface area contributed by atoms with Gasteiger partial charge in [0.15, 0.2) is 5.82 Å². The number of tetrazole rings is 2. The van der Waals surface area contributed by atoms with Crippen molar-refractivity contribution in [1.82, 2.24) is 60.2 Å². The fraction of sp³-hybridized carbons (Fsp3) is 0.389. The van der Waals surface area contributed by atoms with Crippen molar-refractivity contribution in [2.75, 3.05) is 57.8 Å². The van der Waals surface area contributed by atoms with Crippen LogP contribution in [0.3, 0.4) is 0 Å². The fourth-order valence-electron chi connectivity index (χ4n) is 7.70. The molecule has 0 saturated carbocycles. The second kappa shape index (κ2) is 15.1. The molecule has 6 aromatic rings. The Morgan fingerprint density at radius 1 is 0.981 bits per heavy atom. The molecule has 0 spiro atoms. The first kappa shape index (κ1) is 34.9. The molecular weight excluding hydrogens is 717 g/mol. The smallest absolute Gasteiger partial charge is 0.257 e. The van der Waals surface area contributed by atoms with Gasteiger partial charge in [0.25, 0.3) is 5.91 Å². The van der Waals surface area contributed by atoms with Crippen molar-refractivity contribution in [3.63, 3.8) is 0 Å². The lowest BCUT2D eigenvalue weighted by atomic mass is 9.76. The van der Waals surface area contributed by atoms with Gasteiger partial charge < -0.3 is 24.0 Å². The van der Waals surface area contributed by atoms with Crippen LogP contribution in [0.5, 0.6) is 5.75 Å². The summed E-state index contributed by atoms with van der Waals surface area (Å²) in [7, 11) is 1.57. The van der Waals surface area contributed by atoms with Crippen LogP contribution in [0.1, 0.15) is 41.0 Å². The van der Waals surface area contributed by atoms with E-state index in [1.165, 1.54) is 11.0 Å². The largest absolute Gasteiger partial charge is 0.496 e. The second-order valence-electron chi connectivity index (χ2n) is 13.6. The molecule has 2 saturated heterocycles. The summed E-state index contributed by atoms with van der Waals surface area (Å²) in [6, 6.07) is 19.5. The van der Waals surface area contributed by atoms with E-state index >= 15 is 0 Å². The number of hydrogen-bond donors (Lipinski definition) is 1. The molecule has 2 aliphatic rings. The number of methoxy groups -OCH3 is 1. The SMILES string of the molecule is COc1ccc(-n2cnnn2)cc1C(=O)N1CCC(CCN2CCCN(c3nc4ccccc4n3CCc3nn[nH]n3)CC2)(c2ccc(Cl)c(Cl)c2)C1. The van der Waals surface area contributed by atoms with E-state index in [1.54, 1.807) is 19.2 Å². The summed E-state index contributed by atoms with van der Waals surface area (Å²) in [5.74, 6) is 2.03. The number of nitrogens with one attached hydrogen (secondary N) is 1. The Balaban J connectivity index is 0.999. The number of carbonyl (C=O) groups is 1. The first-order valence-electron chi connectivity index (χ1n) is 17.7. The van der Waals surface area contributed by atoms with Gasteiger partial charge in [-0.3, -0.25) is 4.79 Å². The number of hydrogen-bond acceptors (Lipinski definition) is 11. The monoisotopic (exact) mass is 755 g/mol. The number of H-pyrrole nitrogens is 1. The average molecular weight is 757 g/mol. The number of carbonyl (C=O) groups excluding carboxylic acids is 1. The molecule has 274 valence electrons. The number of halogens is 2. The molecule has 15 nitrogen and oxygen atoms in total. The molecule has 0 bridgehead atoms. The molecule has 1 atom stereocenters. The Labute approximate surface area is 315 Å². The molecular formula is C36H39Cl2N13O2. The summed E-state index contributed by atoms with van der Waals surface area (Å²) < 4.78 is 9.43. The third-order valence-corrected chi connectivity index (χ3v) is 11.3. The molecule has 0 aliphatic carbocycles. The molecule has 2 aliphatic heterocycles. The number of fused-ring (bicyclic) bond motifs is 1. The van der Waals surface area contributed by atoms with Crippen LogP contribution >= 0.6 is 23.2 Å². The quantitative estimate of drug-likeness (QED) is 0.200. The van der Waals surface area contributed by atoms with Crippen LogP contribution in [0.25, 0.3) is 16.7 Å². The van der Waals surface area contributed by atoms with Gasteiger partial charge in [0, 0.05) is 51.1 Å². The maximum atomic E-state index is 14.2. The van der Waals surface area contributed by atoms with Crippen LogP contribution in [0.2, 0.25) is 10.0 Å². The number of anilines is 1. The molecule has 0 radical (unpaired) electrons. The van der Waals surface area contributed by atoms with Gasteiger partial charge >= 0.3 is 0 Å². The van der Waals surface area contributed by atoms with E-state index in [-0.39, 0.29) is 11.3 Å². The number of ether oxygens (including phenoxy) is 1. The number of benzene rings is 3. The summed E-state index contributed by atoms with van der Waals surface area (Å²) in [6.07, 6.45) is 4.78. The molecule has 3 aromatic carbocycles. The maximum absolute atomic E-state index is 14.2. The van der Waals surface area contributed by atoms with Crippen LogP contribution in [0.15, 0.2) is 67.0 Å². The van der Waals surface area contributed by atoms with Gasteiger partial charge in [-0.1, -0.05) is 46.6 Å². The number of para-hydroxylation sites is 2. The molecule has 5 heterocycles. The van der Waals surface area contributed by atoms with Crippen LogP contribution in [0, 0.1) is 0 Å². The zero-order valence-corrected chi connectivity index (χ0v) is 30.8. The summed E-state index contributed by atoms with van der Waals surface area (Å²) >= 11 is 13.0. The lowest BCUT2D eigenvalue weighted by molar-refractivity contribution is 0.0777. The second-order valence-corrected chi connectivity index (χ2v) is 14.4. The lowest BCUT2D eigenvalue weighted by Gasteiger charge is -2.33. The minimum absolute atomic E-state index is 0.105. The Kier molecular flexibility index (Phi) is 9.94. The van der Waals surface area contributed by atoms with Gasteiger partial charge in [-0.25, -0.2) is 9.67 Å². The topological polar surface area (TPSA) is 152 Å². The summed E-state index contributed by atoms with van der Waals surface area (Å²) in [5.41, 5.74) is 3.97. The minimum atomic E-state index is -0.320. The average Bonchev–Trinajstić information content (AvgIpc) is 4.01. The number of amides is 1. The molecule has 53 heavy (non-hydrogen) atoms. The van der Waals surface area contributed by atoms with Crippen molar-refractivity contribution in [3.8, 4) is 11.4 Å². The lowest BCUT2D eigenvalue weighted by Crippen LogP contribution is -2.39. The molecule has 2 fully saturated rings. The zero-order chi connectivity index (χ0) is 36.4. The molecule has 1 N–H and O–H groups in total. The van der Waals surface area contributed by atoms with E-state index in [2.05, 4.69) is 74.8 Å². The van der Waals surface area contributed by atoms with Crippen molar-refractivity contribution < 1.29 is 9.53 Å². The number of aromatic nitrogens is 10. The van der Waals surface area contributed by atoms with Gasteiger partial charge in [-0.05, 0) is 90.8 Å². The highest BCUT2D eigenvalue weighted by molar-refractivity contribution is 6.42. The van der Waals surface area contributed by atoms with E-state index < -0.39 is 0 Å². The Bertz CT molecular complexity index is 2190. The predicted octanol–water partition coefficient (Wildman–Crippen LogP) is 4.47. The predicted molar refractivity (Wildman–Crippen MR) is 200 cm³/mol. The number of likely N-dealkylation sites (tertiary alicyclic amines) is 1. The van der Waals surface area contributed by atoms with Gasteiger partial charge in [0.1, 0.15) is 12.1 Å². The minimum Gasteiger partial charge on any atom is -0.496 e. The van der Waals surface area contributed by atoms with Gasteiger partial charge in [0.2, 0.25) is 5.95 Å². The van der Waals surface area contributed by atoms with Gasteiger partial charge in [0.05, 0.1) is 39.4 Å².